The number of nitrogens with one attached hydrogen (secondary N) is 1. The van der Waals surface area contributed by atoms with E-state index in [4.69, 9.17) is 4.42 Å². The van der Waals surface area contributed by atoms with Crippen molar-refractivity contribution in [1.29, 1.82) is 0 Å². The molecule has 6 nitrogen and oxygen atoms in total. The molecule has 72 valence electrons. The molecule has 0 fully saturated rings. The number of hydrogen-bond acceptors (Lipinski definition) is 4. The molecule has 14 heavy (non-hydrogen) atoms. The van der Waals surface area contributed by atoms with E-state index in [1.807, 2.05) is 0 Å². The lowest BCUT2D eigenvalue weighted by Crippen LogP contribution is -2.11. The topological polar surface area (TPSA) is 73.0 Å². The van der Waals surface area contributed by atoms with Gasteiger partial charge in [0.15, 0.2) is 11.6 Å². The Hall–Kier alpha value is -2.11. The first-order chi connectivity index (χ1) is 6.75. The molecule has 2 heterocycles. The molecule has 0 aromatic carbocycles. The summed E-state index contributed by atoms with van der Waals surface area (Å²) in [6.45, 7) is 0. The Labute approximate surface area is 79.5 Å². The summed E-state index contributed by atoms with van der Waals surface area (Å²) in [7, 11) is 1.67. The third kappa shape index (κ3) is 1.63. The van der Waals surface area contributed by atoms with Crippen molar-refractivity contribution in [3.05, 3.63) is 30.4 Å². The maximum absolute atomic E-state index is 11.4. The molecule has 1 amide bonds. The van der Waals surface area contributed by atoms with Crippen LogP contribution in [0, 0.1) is 0 Å². The predicted molar refractivity (Wildman–Crippen MR) is 47.7 cm³/mol. The van der Waals surface area contributed by atoms with Gasteiger partial charge in [0.05, 0.1) is 12.5 Å². The van der Waals surface area contributed by atoms with Crippen LogP contribution in [0.25, 0.3) is 0 Å². The zero-order valence-corrected chi connectivity index (χ0v) is 7.47. The molecule has 0 saturated heterocycles. The average molecular weight is 192 g/mol. The smallest absolute Gasteiger partial charge is 0.292 e. The van der Waals surface area contributed by atoms with Crippen LogP contribution < -0.4 is 5.32 Å². The highest BCUT2D eigenvalue weighted by atomic mass is 16.3. The Balaban J connectivity index is 2.09. The lowest BCUT2D eigenvalue weighted by atomic mass is 10.4. The quantitative estimate of drug-likeness (QED) is 0.758. The summed E-state index contributed by atoms with van der Waals surface area (Å²) < 4.78 is 4.91. The van der Waals surface area contributed by atoms with E-state index < -0.39 is 0 Å². The third-order valence-electron chi connectivity index (χ3n) is 1.59. The summed E-state index contributed by atoms with van der Waals surface area (Å²) in [4.78, 5) is 12.8. The van der Waals surface area contributed by atoms with Gasteiger partial charge in [-0.25, -0.2) is 0 Å². The Bertz CT molecular complexity index is 432. The van der Waals surface area contributed by atoms with Gasteiger partial charge in [0.2, 0.25) is 0 Å². The predicted octanol–water partition coefficient (Wildman–Crippen LogP) is 0.660. The molecule has 0 aliphatic carbocycles. The molecule has 2 aromatic heterocycles. The molecule has 0 aliphatic rings. The summed E-state index contributed by atoms with van der Waals surface area (Å²) in [5.74, 6) is 0.306. The van der Waals surface area contributed by atoms with Gasteiger partial charge < -0.3 is 9.73 Å². The monoisotopic (exact) mass is 192 g/mol. The summed E-state index contributed by atoms with van der Waals surface area (Å²) in [5.41, 5.74) is 0. The van der Waals surface area contributed by atoms with Gasteiger partial charge in [-0.05, 0) is 12.1 Å². The molecule has 0 radical (unpaired) electrons. The Morgan fingerprint density at radius 3 is 3.07 bits per heavy atom. The second-order valence-corrected chi connectivity index (χ2v) is 2.65. The van der Waals surface area contributed by atoms with Crippen molar-refractivity contribution in [3.63, 3.8) is 0 Å². The fourth-order valence-electron chi connectivity index (χ4n) is 0.989. The number of amides is 1. The molecule has 0 bridgehead atoms. The number of anilines is 1. The summed E-state index contributed by atoms with van der Waals surface area (Å²) in [5, 5.41) is 10.2. The van der Waals surface area contributed by atoms with E-state index in [-0.39, 0.29) is 11.7 Å². The molecule has 0 aliphatic heterocycles. The molecule has 0 atom stereocenters. The molecule has 0 saturated carbocycles. The Morgan fingerprint density at radius 2 is 2.50 bits per heavy atom. The van der Waals surface area contributed by atoms with Gasteiger partial charge in [-0.15, -0.1) is 5.10 Å². The molecule has 0 spiro atoms. The first-order valence-corrected chi connectivity index (χ1v) is 3.97. The molecular weight excluding hydrogens is 184 g/mol. The number of aromatic nitrogens is 3. The van der Waals surface area contributed by atoms with Crippen LogP contribution in [0.4, 0.5) is 5.82 Å². The van der Waals surface area contributed by atoms with Crippen molar-refractivity contribution in [2.45, 2.75) is 0 Å². The van der Waals surface area contributed by atoms with Crippen LogP contribution in [0.2, 0.25) is 0 Å². The van der Waals surface area contributed by atoms with Crippen molar-refractivity contribution >= 4 is 11.7 Å². The summed E-state index contributed by atoms with van der Waals surface area (Å²) >= 11 is 0. The number of aryl methyl sites for hydroxylation is 1. The van der Waals surface area contributed by atoms with E-state index in [0.717, 1.165) is 0 Å². The minimum Gasteiger partial charge on any atom is -0.459 e. The van der Waals surface area contributed by atoms with E-state index in [2.05, 4.69) is 15.5 Å². The molecule has 2 rings (SSSR count). The standard InChI is InChI=1S/C8H8N4O2/c1-12-9-5-7(11-12)10-8(13)6-3-2-4-14-6/h2-5H,1H3,(H,10,11,13). The van der Waals surface area contributed by atoms with Crippen LogP contribution in [0.3, 0.4) is 0 Å². The zero-order chi connectivity index (χ0) is 9.97. The van der Waals surface area contributed by atoms with Crippen LogP contribution in [0.15, 0.2) is 29.0 Å². The maximum atomic E-state index is 11.4. The fourth-order valence-corrected chi connectivity index (χ4v) is 0.989. The van der Waals surface area contributed by atoms with Gasteiger partial charge in [-0.1, -0.05) is 0 Å². The van der Waals surface area contributed by atoms with Gasteiger partial charge >= 0.3 is 0 Å². The fraction of sp³-hybridized carbons (Fsp3) is 0.125. The van der Waals surface area contributed by atoms with Gasteiger partial charge in [0, 0.05) is 7.05 Å². The minimum atomic E-state index is -0.337. The van der Waals surface area contributed by atoms with Gasteiger partial charge in [0.1, 0.15) is 0 Å². The van der Waals surface area contributed by atoms with Crippen LogP contribution in [-0.4, -0.2) is 20.9 Å². The number of carbonyl (C=O) groups is 1. The summed E-state index contributed by atoms with van der Waals surface area (Å²) in [6, 6.07) is 3.22. The van der Waals surface area contributed by atoms with Crippen molar-refractivity contribution in [1.82, 2.24) is 15.0 Å². The lowest BCUT2D eigenvalue weighted by molar-refractivity contribution is 0.0996. The number of furan rings is 1. The highest BCUT2D eigenvalue weighted by Crippen LogP contribution is 2.04. The lowest BCUT2D eigenvalue weighted by Gasteiger charge is -1.95. The van der Waals surface area contributed by atoms with E-state index in [1.54, 1.807) is 19.2 Å². The average Bonchev–Trinajstić information content (AvgIpc) is 2.75. The largest absolute Gasteiger partial charge is 0.459 e. The van der Waals surface area contributed by atoms with Gasteiger partial charge in [-0.2, -0.15) is 9.90 Å². The highest BCUT2D eigenvalue weighted by Gasteiger charge is 2.09. The second kappa shape index (κ2) is 3.33. The van der Waals surface area contributed by atoms with Crippen molar-refractivity contribution in [2.24, 2.45) is 7.05 Å². The first kappa shape index (κ1) is 8.49. The maximum Gasteiger partial charge on any atom is 0.292 e. The third-order valence-corrected chi connectivity index (χ3v) is 1.59. The van der Waals surface area contributed by atoms with Crippen LogP contribution in [0.1, 0.15) is 10.6 Å². The van der Waals surface area contributed by atoms with Crippen molar-refractivity contribution < 1.29 is 9.21 Å². The Kier molecular flexibility index (Phi) is 2.02. The van der Waals surface area contributed by atoms with Crippen LogP contribution >= 0.6 is 0 Å². The molecule has 2 aromatic rings. The number of rotatable bonds is 2. The number of nitrogens with zero attached hydrogens (tertiary/aromatic N) is 3. The van der Waals surface area contributed by atoms with E-state index >= 15 is 0 Å². The zero-order valence-electron chi connectivity index (χ0n) is 7.47. The number of carbonyl (C=O) groups excluding carboxylic acids is 1. The van der Waals surface area contributed by atoms with Crippen molar-refractivity contribution in [2.75, 3.05) is 5.32 Å². The first-order valence-electron chi connectivity index (χ1n) is 3.97. The van der Waals surface area contributed by atoms with Crippen LogP contribution in [-0.2, 0) is 7.05 Å². The van der Waals surface area contributed by atoms with Gasteiger partial charge in [0.25, 0.3) is 5.91 Å². The normalized spacial score (nSPS) is 10.1. The molecule has 0 unspecified atom stereocenters. The molecule has 6 heteroatoms. The highest BCUT2D eigenvalue weighted by molar-refractivity contribution is 6.01. The summed E-state index contributed by atoms with van der Waals surface area (Å²) in [6.07, 6.45) is 2.90. The Morgan fingerprint density at radius 1 is 1.64 bits per heavy atom. The minimum absolute atomic E-state index is 0.246. The van der Waals surface area contributed by atoms with Crippen molar-refractivity contribution in [3.8, 4) is 0 Å². The van der Waals surface area contributed by atoms with E-state index in [1.165, 1.54) is 17.3 Å². The SMILES string of the molecule is Cn1ncc(NC(=O)c2ccco2)n1. The number of hydrogen-bond donors (Lipinski definition) is 1. The molecule has 1 N–H and O–H groups in total. The van der Waals surface area contributed by atoms with Crippen LogP contribution in [0.5, 0.6) is 0 Å². The molecular formula is C8H8N4O2. The van der Waals surface area contributed by atoms with E-state index in [0.29, 0.717) is 5.82 Å². The van der Waals surface area contributed by atoms with E-state index in [9.17, 15) is 4.79 Å². The van der Waals surface area contributed by atoms with Gasteiger partial charge in [-0.3, -0.25) is 4.79 Å². The second-order valence-electron chi connectivity index (χ2n) is 2.65.